The van der Waals surface area contributed by atoms with Gasteiger partial charge in [0.2, 0.25) is 5.91 Å². The van der Waals surface area contributed by atoms with E-state index in [1.807, 2.05) is 0 Å². The van der Waals surface area contributed by atoms with Gasteiger partial charge in [-0.1, -0.05) is 12.1 Å². The molecule has 1 aliphatic heterocycles. The third-order valence-electron chi connectivity index (χ3n) is 3.52. The summed E-state index contributed by atoms with van der Waals surface area (Å²) in [5.74, 6) is -2.73. The van der Waals surface area contributed by atoms with E-state index in [-0.39, 0.29) is 18.1 Å². The highest BCUT2D eigenvalue weighted by Gasteiger charge is 2.32. The Balaban J connectivity index is 2.35. The van der Waals surface area contributed by atoms with Gasteiger partial charge in [-0.15, -0.1) is 0 Å². The van der Waals surface area contributed by atoms with Gasteiger partial charge in [-0.25, -0.2) is 8.78 Å². The number of benzene rings is 1. The van der Waals surface area contributed by atoms with Crippen LogP contribution in [0.5, 0.6) is 0 Å². The van der Waals surface area contributed by atoms with E-state index in [1.54, 1.807) is 0 Å². The van der Waals surface area contributed by atoms with Crippen LogP contribution in [0, 0.1) is 11.6 Å². The molecule has 1 aromatic carbocycles. The van der Waals surface area contributed by atoms with E-state index in [2.05, 4.69) is 5.32 Å². The standard InChI is InChI=1S/C13H16F2N2O2/c14-9-3-1-2-8(12(9)15)7-4-5-10(16)13(19)17-11(7)6-18/h1-3,7,10-11,18H,4-6,16H2,(H,17,19)/t7-,10+,11?/m0/s1. The summed E-state index contributed by atoms with van der Waals surface area (Å²) in [7, 11) is 0. The monoisotopic (exact) mass is 270 g/mol. The molecule has 4 nitrogen and oxygen atoms in total. The van der Waals surface area contributed by atoms with Gasteiger partial charge in [-0.2, -0.15) is 0 Å². The molecule has 1 heterocycles. The molecule has 0 aromatic heterocycles. The lowest BCUT2D eigenvalue weighted by molar-refractivity contribution is -0.123. The summed E-state index contributed by atoms with van der Waals surface area (Å²) >= 11 is 0. The molecule has 1 aliphatic rings. The van der Waals surface area contributed by atoms with Crippen LogP contribution in [0.25, 0.3) is 0 Å². The Morgan fingerprint density at radius 2 is 2.11 bits per heavy atom. The van der Waals surface area contributed by atoms with Crippen LogP contribution in [0.15, 0.2) is 18.2 Å². The maximum absolute atomic E-state index is 13.8. The van der Waals surface area contributed by atoms with Gasteiger partial charge in [0.15, 0.2) is 11.6 Å². The van der Waals surface area contributed by atoms with Crippen LogP contribution in [-0.4, -0.2) is 29.7 Å². The summed E-state index contributed by atoms with van der Waals surface area (Å²) in [6.45, 7) is -0.348. The molecule has 1 aromatic rings. The molecule has 0 bridgehead atoms. The van der Waals surface area contributed by atoms with Gasteiger partial charge >= 0.3 is 0 Å². The van der Waals surface area contributed by atoms with Crippen LogP contribution in [0.3, 0.4) is 0 Å². The maximum Gasteiger partial charge on any atom is 0.237 e. The Morgan fingerprint density at radius 3 is 2.79 bits per heavy atom. The Labute approximate surface area is 109 Å². The van der Waals surface area contributed by atoms with Crippen LogP contribution < -0.4 is 11.1 Å². The normalized spacial score (nSPS) is 27.8. The molecule has 19 heavy (non-hydrogen) atoms. The predicted molar refractivity (Wildman–Crippen MR) is 65.3 cm³/mol. The van der Waals surface area contributed by atoms with Crippen molar-refractivity contribution in [3.63, 3.8) is 0 Å². The number of aliphatic hydroxyl groups is 1. The summed E-state index contributed by atoms with van der Waals surface area (Å²) in [5, 5.41) is 11.9. The minimum Gasteiger partial charge on any atom is -0.394 e. The quantitative estimate of drug-likeness (QED) is 0.738. The minimum atomic E-state index is -0.936. The van der Waals surface area contributed by atoms with Crippen molar-refractivity contribution >= 4 is 5.91 Å². The molecule has 1 amide bonds. The van der Waals surface area contributed by atoms with E-state index in [0.717, 1.165) is 6.07 Å². The molecule has 1 saturated heterocycles. The second-order valence-electron chi connectivity index (χ2n) is 4.73. The van der Waals surface area contributed by atoms with E-state index >= 15 is 0 Å². The van der Waals surface area contributed by atoms with Crippen LogP contribution >= 0.6 is 0 Å². The van der Waals surface area contributed by atoms with Crippen molar-refractivity contribution in [2.45, 2.75) is 30.8 Å². The van der Waals surface area contributed by atoms with E-state index in [1.165, 1.54) is 12.1 Å². The number of hydrogen-bond donors (Lipinski definition) is 3. The van der Waals surface area contributed by atoms with Gasteiger partial charge in [-0.05, 0) is 24.5 Å². The van der Waals surface area contributed by atoms with Crippen molar-refractivity contribution in [3.05, 3.63) is 35.4 Å². The molecule has 1 unspecified atom stereocenters. The Hall–Kier alpha value is -1.53. The lowest BCUT2D eigenvalue weighted by atomic mass is 9.87. The van der Waals surface area contributed by atoms with Crippen LogP contribution in [0.2, 0.25) is 0 Å². The third-order valence-corrected chi connectivity index (χ3v) is 3.52. The van der Waals surface area contributed by atoms with Crippen molar-refractivity contribution in [2.75, 3.05) is 6.61 Å². The summed E-state index contributed by atoms with van der Waals surface area (Å²) in [4.78, 5) is 11.6. The van der Waals surface area contributed by atoms with Gasteiger partial charge in [0.05, 0.1) is 18.7 Å². The number of amides is 1. The Morgan fingerprint density at radius 1 is 1.37 bits per heavy atom. The molecule has 3 atom stereocenters. The van der Waals surface area contributed by atoms with E-state index in [0.29, 0.717) is 12.8 Å². The average molecular weight is 270 g/mol. The van der Waals surface area contributed by atoms with Crippen molar-refractivity contribution < 1.29 is 18.7 Å². The molecule has 6 heteroatoms. The van der Waals surface area contributed by atoms with Crippen LogP contribution in [0.1, 0.15) is 24.3 Å². The zero-order valence-electron chi connectivity index (χ0n) is 10.3. The Kier molecular flexibility index (Phi) is 4.11. The number of aliphatic hydroxyl groups excluding tert-OH is 1. The highest BCUT2D eigenvalue weighted by Crippen LogP contribution is 2.30. The highest BCUT2D eigenvalue weighted by molar-refractivity contribution is 5.82. The molecule has 4 N–H and O–H groups in total. The van der Waals surface area contributed by atoms with Gasteiger partial charge in [0.25, 0.3) is 0 Å². The van der Waals surface area contributed by atoms with Crippen LogP contribution in [-0.2, 0) is 4.79 Å². The molecule has 2 rings (SSSR count). The van der Waals surface area contributed by atoms with Crippen molar-refractivity contribution in [2.24, 2.45) is 5.73 Å². The van der Waals surface area contributed by atoms with E-state index in [9.17, 15) is 18.7 Å². The minimum absolute atomic E-state index is 0.161. The lowest BCUT2D eigenvalue weighted by Gasteiger charge is -2.24. The number of nitrogens with one attached hydrogen (secondary N) is 1. The number of rotatable bonds is 2. The molecule has 104 valence electrons. The number of hydrogen-bond acceptors (Lipinski definition) is 3. The number of carbonyl (C=O) groups is 1. The van der Waals surface area contributed by atoms with Crippen molar-refractivity contribution in [1.82, 2.24) is 5.32 Å². The third kappa shape index (κ3) is 2.74. The van der Waals surface area contributed by atoms with Crippen molar-refractivity contribution in [1.29, 1.82) is 0 Å². The zero-order chi connectivity index (χ0) is 14.0. The first-order valence-electron chi connectivity index (χ1n) is 6.15. The largest absolute Gasteiger partial charge is 0.394 e. The van der Waals surface area contributed by atoms with E-state index < -0.39 is 29.6 Å². The van der Waals surface area contributed by atoms with Gasteiger partial charge < -0.3 is 16.2 Å². The summed E-state index contributed by atoms with van der Waals surface area (Å²) in [6, 6.07) is 2.57. The predicted octanol–water partition coefficient (Wildman–Crippen LogP) is 0.647. The van der Waals surface area contributed by atoms with Crippen molar-refractivity contribution in [3.8, 4) is 0 Å². The number of carbonyl (C=O) groups excluding carboxylic acids is 1. The first-order chi connectivity index (χ1) is 9.04. The van der Waals surface area contributed by atoms with Gasteiger partial charge in [0, 0.05) is 5.92 Å². The fourth-order valence-electron chi connectivity index (χ4n) is 2.43. The summed E-state index contributed by atoms with van der Waals surface area (Å²) in [5.41, 5.74) is 5.80. The lowest BCUT2D eigenvalue weighted by Crippen LogP contribution is -2.45. The molecule has 1 fully saturated rings. The SMILES string of the molecule is N[C@@H]1CC[C@@H](c2cccc(F)c2F)C(CO)NC1=O. The van der Waals surface area contributed by atoms with Gasteiger partial charge in [-0.3, -0.25) is 4.79 Å². The first kappa shape index (κ1) is 13.9. The second kappa shape index (κ2) is 5.63. The molecule has 0 saturated carbocycles. The molecule has 0 radical (unpaired) electrons. The van der Waals surface area contributed by atoms with Gasteiger partial charge in [0.1, 0.15) is 0 Å². The fourth-order valence-corrected chi connectivity index (χ4v) is 2.43. The highest BCUT2D eigenvalue weighted by atomic mass is 19.2. The van der Waals surface area contributed by atoms with Crippen LogP contribution in [0.4, 0.5) is 8.78 Å². The fraction of sp³-hybridized carbons (Fsp3) is 0.462. The topological polar surface area (TPSA) is 75.3 Å². The molecular weight excluding hydrogens is 254 g/mol. The summed E-state index contributed by atoms with van der Waals surface area (Å²) in [6.07, 6.45) is 0.772. The number of nitrogens with two attached hydrogens (primary N) is 1. The molecular formula is C13H16F2N2O2. The maximum atomic E-state index is 13.8. The molecule has 0 spiro atoms. The second-order valence-corrected chi connectivity index (χ2v) is 4.73. The average Bonchev–Trinajstić information content (AvgIpc) is 2.54. The number of halogens is 2. The summed E-state index contributed by atoms with van der Waals surface area (Å²) < 4.78 is 27.1. The Bertz CT molecular complexity index is 482. The van der Waals surface area contributed by atoms with E-state index in [4.69, 9.17) is 5.73 Å². The first-order valence-corrected chi connectivity index (χ1v) is 6.15. The smallest absolute Gasteiger partial charge is 0.237 e. The molecule has 0 aliphatic carbocycles. The zero-order valence-corrected chi connectivity index (χ0v) is 10.3.